The first kappa shape index (κ1) is 27.2. The van der Waals surface area contributed by atoms with E-state index in [1.807, 2.05) is 50.2 Å². The molecule has 3 rings (SSSR count). The van der Waals surface area contributed by atoms with Crippen molar-refractivity contribution in [2.45, 2.75) is 33.3 Å². The van der Waals surface area contributed by atoms with E-state index in [2.05, 4.69) is 31.8 Å². The van der Waals surface area contributed by atoms with Gasteiger partial charge in [0.2, 0.25) is 11.8 Å². The number of carbonyl (C=O) groups is 2. The van der Waals surface area contributed by atoms with E-state index in [9.17, 15) is 9.59 Å². The molecule has 0 fully saturated rings. The molecular weight excluding hydrogens is 546 g/mol. The van der Waals surface area contributed by atoms with Crippen LogP contribution in [0.25, 0.3) is 0 Å². The van der Waals surface area contributed by atoms with Gasteiger partial charge in [-0.15, -0.1) is 0 Å². The summed E-state index contributed by atoms with van der Waals surface area (Å²) in [7, 11) is 1.54. The molecule has 7 nitrogen and oxygen atoms in total. The summed E-state index contributed by atoms with van der Waals surface area (Å²) >= 11 is 9.70. The van der Waals surface area contributed by atoms with Crippen LogP contribution in [0.3, 0.4) is 0 Å². The average molecular weight is 573 g/mol. The molecule has 0 aliphatic rings. The van der Waals surface area contributed by atoms with Gasteiger partial charge in [0, 0.05) is 29.1 Å². The number of rotatable bonds is 10. The molecule has 0 aromatic heterocycles. The average Bonchev–Trinajstić information content (AvgIpc) is 2.85. The molecule has 0 heterocycles. The predicted octanol–water partition coefficient (Wildman–Crippen LogP) is 6.18. The molecule has 36 heavy (non-hydrogen) atoms. The van der Waals surface area contributed by atoms with Gasteiger partial charge in [-0.05, 0) is 70.7 Å². The Morgan fingerprint density at radius 2 is 1.81 bits per heavy atom. The highest BCUT2D eigenvalue weighted by Crippen LogP contribution is 2.37. The van der Waals surface area contributed by atoms with E-state index in [-0.39, 0.29) is 31.3 Å². The summed E-state index contributed by atoms with van der Waals surface area (Å²) in [4.78, 5) is 24.3. The lowest BCUT2D eigenvalue weighted by atomic mass is 10.1. The predicted molar refractivity (Wildman–Crippen MR) is 146 cm³/mol. The van der Waals surface area contributed by atoms with Crippen LogP contribution in [-0.2, 0) is 16.2 Å². The zero-order chi connectivity index (χ0) is 26.1. The Morgan fingerprint density at radius 1 is 1.06 bits per heavy atom. The molecular formula is C27H27BrClN3O4. The van der Waals surface area contributed by atoms with Crippen molar-refractivity contribution in [1.82, 2.24) is 5.43 Å². The van der Waals surface area contributed by atoms with Gasteiger partial charge in [-0.1, -0.05) is 41.9 Å². The molecule has 0 saturated heterocycles. The third kappa shape index (κ3) is 7.57. The molecule has 0 aliphatic heterocycles. The van der Waals surface area contributed by atoms with Gasteiger partial charge >= 0.3 is 0 Å². The number of methoxy groups -OCH3 is 1. The topological polar surface area (TPSA) is 89.0 Å². The van der Waals surface area contributed by atoms with Gasteiger partial charge in [0.15, 0.2) is 11.5 Å². The molecule has 3 aromatic rings. The van der Waals surface area contributed by atoms with Crippen LogP contribution in [0.1, 0.15) is 35.1 Å². The molecule has 0 radical (unpaired) electrons. The van der Waals surface area contributed by atoms with Gasteiger partial charge in [-0.25, -0.2) is 5.43 Å². The molecule has 0 unspecified atom stereocenters. The van der Waals surface area contributed by atoms with E-state index in [0.29, 0.717) is 26.6 Å². The smallest absolute Gasteiger partial charge is 0.240 e. The zero-order valence-electron chi connectivity index (χ0n) is 20.2. The number of ether oxygens (including phenoxy) is 2. The molecule has 3 aromatic carbocycles. The first-order valence-corrected chi connectivity index (χ1v) is 12.4. The first-order chi connectivity index (χ1) is 17.3. The van der Waals surface area contributed by atoms with E-state index in [1.54, 1.807) is 18.2 Å². The van der Waals surface area contributed by atoms with E-state index < -0.39 is 0 Å². The Hall–Kier alpha value is -3.36. The Balaban J connectivity index is 1.53. The number of nitrogens with zero attached hydrogens (tertiary/aromatic N) is 1. The molecule has 0 bridgehead atoms. The number of benzene rings is 3. The second-order valence-corrected chi connectivity index (χ2v) is 9.26. The Kier molecular flexibility index (Phi) is 9.90. The normalized spacial score (nSPS) is 10.8. The highest BCUT2D eigenvalue weighted by molar-refractivity contribution is 9.10. The summed E-state index contributed by atoms with van der Waals surface area (Å²) in [6.45, 7) is 4.19. The summed E-state index contributed by atoms with van der Waals surface area (Å²) in [5, 5.41) is 7.45. The molecule has 0 saturated carbocycles. The van der Waals surface area contributed by atoms with E-state index in [0.717, 1.165) is 22.4 Å². The number of aryl methyl sites for hydroxylation is 1. The van der Waals surface area contributed by atoms with Crippen molar-refractivity contribution in [3.8, 4) is 11.5 Å². The molecule has 2 N–H and O–H groups in total. The molecule has 2 amide bonds. The van der Waals surface area contributed by atoms with Crippen molar-refractivity contribution in [1.29, 1.82) is 0 Å². The first-order valence-electron chi connectivity index (χ1n) is 11.2. The highest BCUT2D eigenvalue weighted by atomic mass is 79.9. The van der Waals surface area contributed by atoms with Crippen molar-refractivity contribution in [2.24, 2.45) is 5.10 Å². The number of amides is 2. The Bertz CT molecular complexity index is 1280. The monoisotopic (exact) mass is 571 g/mol. The minimum absolute atomic E-state index is 0.00980. The van der Waals surface area contributed by atoms with E-state index in [4.69, 9.17) is 21.1 Å². The van der Waals surface area contributed by atoms with Gasteiger partial charge in [-0.3, -0.25) is 9.59 Å². The SMILES string of the molecule is COc1cc(C=NNC(=O)CCC(=O)Nc2cccc(C)c2C)cc(Br)c1OCc1ccccc1Cl. The van der Waals surface area contributed by atoms with Gasteiger partial charge in [-0.2, -0.15) is 5.10 Å². The van der Waals surface area contributed by atoms with E-state index in [1.165, 1.54) is 13.3 Å². The fourth-order valence-electron chi connectivity index (χ4n) is 3.28. The van der Waals surface area contributed by atoms with Crippen molar-refractivity contribution >= 4 is 51.2 Å². The second-order valence-electron chi connectivity index (χ2n) is 8.00. The van der Waals surface area contributed by atoms with Crippen LogP contribution >= 0.6 is 27.5 Å². The van der Waals surface area contributed by atoms with Crippen LogP contribution in [0.15, 0.2) is 64.2 Å². The summed E-state index contributed by atoms with van der Waals surface area (Å²) < 4.78 is 12.0. The number of carbonyl (C=O) groups excluding carboxylic acids is 2. The number of halogens is 2. The van der Waals surface area contributed by atoms with Crippen LogP contribution in [0.4, 0.5) is 5.69 Å². The lowest BCUT2D eigenvalue weighted by molar-refractivity contribution is -0.124. The third-order valence-electron chi connectivity index (χ3n) is 5.44. The van der Waals surface area contributed by atoms with Crippen molar-refractivity contribution in [3.05, 3.63) is 86.3 Å². The molecule has 0 atom stereocenters. The van der Waals surface area contributed by atoms with Crippen molar-refractivity contribution in [2.75, 3.05) is 12.4 Å². The zero-order valence-corrected chi connectivity index (χ0v) is 22.6. The second kappa shape index (κ2) is 13.1. The summed E-state index contributed by atoms with van der Waals surface area (Å²) in [6.07, 6.45) is 1.54. The van der Waals surface area contributed by atoms with Gasteiger partial charge in [0.25, 0.3) is 0 Å². The fraction of sp³-hybridized carbons (Fsp3) is 0.222. The quantitative estimate of drug-likeness (QED) is 0.224. The summed E-state index contributed by atoms with van der Waals surface area (Å²) in [5.41, 5.74) is 6.81. The maximum atomic E-state index is 12.2. The third-order valence-corrected chi connectivity index (χ3v) is 6.40. The molecule has 9 heteroatoms. The molecule has 188 valence electrons. The summed E-state index contributed by atoms with van der Waals surface area (Å²) in [6, 6.07) is 16.7. The fourth-order valence-corrected chi connectivity index (χ4v) is 4.05. The minimum atomic E-state index is -0.368. The van der Waals surface area contributed by atoms with Crippen molar-refractivity contribution < 1.29 is 19.1 Å². The lowest BCUT2D eigenvalue weighted by Gasteiger charge is -2.14. The van der Waals surface area contributed by atoms with Gasteiger partial charge in [0.05, 0.1) is 17.8 Å². The maximum Gasteiger partial charge on any atom is 0.240 e. The molecule has 0 aliphatic carbocycles. The largest absolute Gasteiger partial charge is 0.493 e. The number of hydrogen-bond acceptors (Lipinski definition) is 5. The van der Waals surface area contributed by atoms with Crippen LogP contribution in [0.2, 0.25) is 5.02 Å². The lowest BCUT2D eigenvalue weighted by Crippen LogP contribution is -2.21. The van der Waals surface area contributed by atoms with Crippen LogP contribution in [0, 0.1) is 13.8 Å². The minimum Gasteiger partial charge on any atom is -0.493 e. The van der Waals surface area contributed by atoms with Crippen molar-refractivity contribution in [3.63, 3.8) is 0 Å². The number of hydrogen-bond donors (Lipinski definition) is 2. The number of hydrazone groups is 1. The van der Waals surface area contributed by atoms with Gasteiger partial charge in [0.1, 0.15) is 6.61 Å². The number of anilines is 1. The van der Waals surface area contributed by atoms with Gasteiger partial charge < -0.3 is 14.8 Å². The number of nitrogens with one attached hydrogen (secondary N) is 2. The maximum absolute atomic E-state index is 12.2. The van der Waals surface area contributed by atoms with Crippen LogP contribution < -0.4 is 20.2 Å². The van der Waals surface area contributed by atoms with Crippen LogP contribution in [-0.4, -0.2) is 25.1 Å². The highest BCUT2D eigenvalue weighted by Gasteiger charge is 2.13. The Labute approximate surface area is 224 Å². The standard InChI is InChI=1S/C27H27BrClN3O4/c1-17-7-6-10-23(18(17)2)31-25(33)11-12-26(34)32-30-15-19-13-21(28)27(24(14-19)35-3)36-16-20-8-4-5-9-22(20)29/h4-10,13-15H,11-12,16H2,1-3H3,(H,31,33)(H,32,34). The van der Waals surface area contributed by atoms with E-state index >= 15 is 0 Å². The molecule has 0 spiro atoms. The van der Waals surface area contributed by atoms with Crippen LogP contribution in [0.5, 0.6) is 11.5 Å². The summed E-state index contributed by atoms with van der Waals surface area (Å²) in [5.74, 6) is 0.415. The Morgan fingerprint density at radius 3 is 2.56 bits per heavy atom.